The third-order valence-corrected chi connectivity index (χ3v) is 5.88. The van der Waals surface area contributed by atoms with Crippen LogP contribution >= 0.6 is 11.6 Å². The van der Waals surface area contributed by atoms with E-state index < -0.39 is 27.7 Å². The number of hydrogen-bond donors (Lipinski definition) is 2. The highest BCUT2D eigenvalue weighted by atomic mass is 35.5. The number of amides is 1. The SMILES string of the molecule is O=C(NCc1cccc(C(F)(F)F)c1)c1ccc(S(=O)(=O)Nc2ccc(Cl)cc2)cc1. The Labute approximate surface area is 181 Å². The van der Waals surface area contributed by atoms with Crippen molar-refractivity contribution in [1.82, 2.24) is 5.32 Å². The summed E-state index contributed by atoms with van der Waals surface area (Å²) in [4.78, 5) is 12.2. The van der Waals surface area contributed by atoms with Crippen molar-refractivity contribution < 1.29 is 26.4 Å². The fourth-order valence-corrected chi connectivity index (χ4v) is 3.84. The van der Waals surface area contributed by atoms with Gasteiger partial charge in [0.2, 0.25) is 0 Å². The van der Waals surface area contributed by atoms with Crippen molar-refractivity contribution in [1.29, 1.82) is 0 Å². The molecule has 3 rings (SSSR count). The third-order valence-electron chi connectivity index (χ3n) is 4.23. The summed E-state index contributed by atoms with van der Waals surface area (Å²) in [5, 5.41) is 2.97. The van der Waals surface area contributed by atoms with Crippen molar-refractivity contribution in [2.45, 2.75) is 17.6 Å². The number of halogens is 4. The zero-order chi connectivity index (χ0) is 22.6. The van der Waals surface area contributed by atoms with Gasteiger partial charge in [-0.25, -0.2) is 8.42 Å². The second-order valence-corrected chi connectivity index (χ2v) is 8.64. The van der Waals surface area contributed by atoms with E-state index in [2.05, 4.69) is 10.0 Å². The van der Waals surface area contributed by atoms with Crippen LogP contribution in [0.2, 0.25) is 5.02 Å². The molecule has 3 aromatic rings. The van der Waals surface area contributed by atoms with Gasteiger partial charge in [-0.3, -0.25) is 9.52 Å². The zero-order valence-corrected chi connectivity index (χ0v) is 17.4. The first-order valence-electron chi connectivity index (χ1n) is 8.87. The fourth-order valence-electron chi connectivity index (χ4n) is 2.66. The number of hydrogen-bond acceptors (Lipinski definition) is 3. The van der Waals surface area contributed by atoms with Crippen LogP contribution in [0.4, 0.5) is 18.9 Å². The standard InChI is InChI=1S/C21H16ClF3N2O3S/c22-17-6-8-18(9-7-17)27-31(29,30)19-10-4-15(5-11-19)20(28)26-13-14-2-1-3-16(12-14)21(23,24)25/h1-12,27H,13H2,(H,26,28). The number of carbonyl (C=O) groups is 1. The molecule has 3 aromatic carbocycles. The van der Waals surface area contributed by atoms with Gasteiger partial charge < -0.3 is 5.32 Å². The number of carbonyl (C=O) groups excluding carboxylic acids is 1. The minimum absolute atomic E-state index is 0.0584. The van der Waals surface area contributed by atoms with E-state index in [1.807, 2.05) is 0 Å². The van der Waals surface area contributed by atoms with E-state index >= 15 is 0 Å². The van der Waals surface area contributed by atoms with E-state index in [1.54, 1.807) is 0 Å². The predicted molar refractivity (Wildman–Crippen MR) is 111 cm³/mol. The van der Waals surface area contributed by atoms with Gasteiger partial charge in [-0.15, -0.1) is 0 Å². The van der Waals surface area contributed by atoms with E-state index in [-0.39, 0.29) is 22.6 Å². The molecule has 5 nitrogen and oxygen atoms in total. The lowest BCUT2D eigenvalue weighted by atomic mass is 10.1. The van der Waals surface area contributed by atoms with E-state index in [0.717, 1.165) is 12.1 Å². The second kappa shape index (κ2) is 8.99. The van der Waals surface area contributed by atoms with Crippen LogP contribution in [-0.4, -0.2) is 14.3 Å². The van der Waals surface area contributed by atoms with Crippen LogP contribution in [0.5, 0.6) is 0 Å². The quantitative estimate of drug-likeness (QED) is 0.529. The summed E-state index contributed by atoms with van der Waals surface area (Å²) < 4.78 is 65.6. The molecule has 1 amide bonds. The van der Waals surface area contributed by atoms with Gasteiger partial charge in [-0.05, 0) is 66.2 Å². The molecule has 0 spiro atoms. The van der Waals surface area contributed by atoms with Crippen LogP contribution in [0.1, 0.15) is 21.5 Å². The Morgan fingerprint density at radius 3 is 2.19 bits per heavy atom. The molecule has 0 saturated heterocycles. The number of alkyl halides is 3. The molecule has 0 bridgehead atoms. The first-order chi connectivity index (χ1) is 14.5. The summed E-state index contributed by atoms with van der Waals surface area (Å²) >= 11 is 5.77. The van der Waals surface area contributed by atoms with E-state index in [1.165, 1.54) is 60.7 Å². The first-order valence-corrected chi connectivity index (χ1v) is 10.7. The molecule has 0 unspecified atom stereocenters. The molecular formula is C21H16ClF3N2O3S. The van der Waals surface area contributed by atoms with Crippen molar-refractivity contribution in [3.63, 3.8) is 0 Å². The van der Waals surface area contributed by atoms with Gasteiger partial charge in [-0.1, -0.05) is 23.7 Å². The highest BCUT2D eigenvalue weighted by Gasteiger charge is 2.30. The van der Waals surface area contributed by atoms with Crippen molar-refractivity contribution >= 4 is 33.2 Å². The molecule has 0 aliphatic heterocycles. The van der Waals surface area contributed by atoms with Gasteiger partial charge in [0.1, 0.15) is 0 Å². The van der Waals surface area contributed by atoms with Crippen LogP contribution in [0.15, 0.2) is 77.7 Å². The summed E-state index contributed by atoms with van der Waals surface area (Å²) in [7, 11) is -3.87. The Kier molecular flexibility index (Phi) is 6.56. The van der Waals surface area contributed by atoms with Crippen LogP contribution < -0.4 is 10.0 Å². The summed E-state index contributed by atoms with van der Waals surface area (Å²) in [5.74, 6) is -0.549. The maximum atomic E-state index is 12.8. The molecule has 0 aliphatic carbocycles. The predicted octanol–water partition coefficient (Wildman–Crippen LogP) is 5.09. The maximum absolute atomic E-state index is 12.8. The third kappa shape index (κ3) is 5.99. The Balaban J connectivity index is 1.65. The average molecular weight is 469 g/mol. The Bertz CT molecular complexity index is 1180. The Hall–Kier alpha value is -3.04. The van der Waals surface area contributed by atoms with Gasteiger partial charge >= 0.3 is 6.18 Å². The summed E-state index contributed by atoms with van der Waals surface area (Å²) in [6.07, 6.45) is -4.47. The number of anilines is 1. The molecule has 0 saturated carbocycles. The van der Waals surface area contributed by atoms with Crippen molar-refractivity contribution in [3.8, 4) is 0 Å². The van der Waals surface area contributed by atoms with Gasteiger partial charge in [0.05, 0.1) is 10.5 Å². The molecular weight excluding hydrogens is 453 g/mol. The molecule has 0 heterocycles. The second-order valence-electron chi connectivity index (χ2n) is 6.52. The van der Waals surface area contributed by atoms with Gasteiger partial charge in [0.25, 0.3) is 15.9 Å². The lowest BCUT2D eigenvalue weighted by Crippen LogP contribution is -2.23. The summed E-state index contributed by atoms with van der Waals surface area (Å²) in [6.45, 7) is -0.110. The first kappa shape index (κ1) is 22.6. The molecule has 0 atom stereocenters. The topological polar surface area (TPSA) is 75.3 Å². The van der Waals surface area contributed by atoms with Crippen molar-refractivity contribution in [2.24, 2.45) is 0 Å². The lowest BCUT2D eigenvalue weighted by molar-refractivity contribution is -0.137. The molecule has 10 heteroatoms. The highest BCUT2D eigenvalue weighted by Crippen LogP contribution is 2.29. The lowest BCUT2D eigenvalue weighted by Gasteiger charge is -2.11. The monoisotopic (exact) mass is 468 g/mol. The number of benzene rings is 3. The molecule has 0 fully saturated rings. The normalized spacial score (nSPS) is 11.7. The maximum Gasteiger partial charge on any atom is 0.416 e. The highest BCUT2D eigenvalue weighted by molar-refractivity contribution is 7.92. The smallest absolute Gasteiger partial charge is 0.348 e. The Morgan fingerprint density at radius 1 is 0.935 bits per heavy atom. The fraction of sp³-hybridized carbons (Fsp3) is 0.0952. The summed E-state index contributed by atoms with van der Waals surface area (Å²) in [5.41, 5.74) is -0.0266. The van der Waals surface area contributed by atoms with Crippen LogP contribution in [0.25, 0.3) is 0 Å². The molecule has 31 heavy (non-hydrogen) atoms. The average Bonchev–Trinajstić information content (AvgIpc) is 2.73. The van der Waals surface area contributed by atoms with Crippen molar-refractivity contribution in [2.75, 3.05) is 4.72 Å². The largest absolute Gasteiger partial charge is 0.416 e. The van der Waals surface area contributed by atoms with Crippen molar-refractivity contribution in [3.05, 3.63) is 94.5 Å². The van der Waals surface area contributed by atoms with Gasteiger partial charge in [0, 0.05) is 22.8 Å². The van der Waals surface area contributed by atoms with E-state index in [9.17, 15) is 26.4 Å². The van der Waals surface area contributed by atoms with Gasteiger partial charge in [-0.2, -0.15) is 13.2 Å². The van der Waals surface area contributed by atoms with Crippen LogP contribution in [0, 0.1) is 0 Å². The molecule has 0 aliphatic rings. The number of sulfonamides is 1. The Morgan fingerprint density at radius 2 is 1.58 bits per heavy atom. The minimum atomic E-state index is -4.47. The summed E-state index contributed by atoms with van der Waals surface area (Å²) in [6, 6.07) is 15.9. The molecule has 0 aromatic heterocycles. The minimum Gasteiger partial charge on any atom is -0.348 e. The van der Waals surface area contributed by atoms with Crippen LogP contribution in [0.3, 0.4) is 0 Å². The number of nitrogens with one attached hydrogen (secondary N) is 2. The van der Waals surface area contributed by atoms with E-state index in [0.29, 0.717) is 10.7 Å². The van der Waals surface area contributed by atoms with Crippen LogP contribution in [-0.2, 0) is 22.7 Å². The zero-order valence-electron chi connectivity index (χ0n) is 15.8. The molecule has 162 valence electrons. The van der Waals surface area contributed by atoms with Gasteiger partial charge in [0.15, 0.2) is 0 Å². The molecule has 2 N–H and O–H groups in total. The number of rotatable bonds is 6. The molecule has 0 radical (unpaired) electrons. The van der Waals surface area contributed by atoms with E-state index in [4.69, 9.17) is 11.6 Å².